The molecule has 6 heteroatoms. The smallest absolute Gasteiger partial charge is 0.269 e. The summed E-state index contributed by atoms with van der Waals surface area (Å²) in [5, 5.41) is 20.6. The van der Waals surface area contributed by atoms with Gasteiger partial charge in [0.25, 0.3) is 5.69 Å². The van der Waals surface area contributed by atoms with E-state index in [1.165, 1.54) is 12.1 Å². The molecule has 2 rings (SSSR count). The van der Waals surface area contributed by atoms with Crippen molar-refractivity contribution in [3.05, 3.63) is 33.9 Å². The van der Waals surface area contributed by atoms with Gasteiger partial charge in [-0.2, -0.15) is 0 Å². The fraction of sp³-hybridized carbons (Fsp3) is 0.500. The maximum Gasteiger partial charge on any atom is 0.269 e. The molecule has 1 aromatic rings. The van der Waals surface area contributed by atoms with Crippen molar-refractivity contribution in [3.8, 4) is 0 Å². The molecular weight excluding hydrogens is 260 g/mol. The maximum atomic E-state index is 12.2. The average molecular weight is 278 g/mol. The fourth-order valence-corrected chi connectivity index (χ4v) is 2.47. The quantitative estimate of drug-likeness (QED) is 0.677. The van der Waals surface area contributed by atoms with E-state index >= 15 is 0 Å². The summed E-state index contributed by atoms with van der Waals surface area (Å²) < 4.78 is 0. The summed E-state index contributed by atoms with van der Waals surface area (Å²) in [6.07, 6.45) is 1.02. The van der Waals surface area contributed by atoms with Gasteiger partial charge in [0.1, 0.15) is 0 Å². The van der Waals surface area contributed by atoms with Gasteiger partial charge >= 0.3 is 0 Å². The third-order valence-electron chi connectivity index (χ3n) is 3.74. The van der Waals surface area contributed by atoms with Gasteiger partial charge in [-0.1, -0.05) is 0 Å². The van der Waals surface area contributed by atoms with Crippen molar-refractivity contribution >= 4 is 17.3 Å². The predicted molar refractivity (Wildman–Crippen MR) is 74.7 cm³/mol. The number of carbonyl (C=O) groups excluding carboxylic acids is 1. The van der Waals surface area contributed by atoms with Crippen LogP contribution in [0.4, 0.5) is 11.4 Å². The Morgan fingerprint density at radius 3 is 2.65 bits per heavy atom. The number of aliphatic hydroxyl groups excluding tert-OH is 1. The molecule has 0 aromatic heterocycles. The summed E-state index contributed by atoms with van der Waals surface area (Å²) in [6, 6.07) is 4.17. The number of benzene rings is 1. The van der Waals surface area contributed by atoms with Crippen LogP contribution in [-0.4, -0.2) is 28.1 Å². The van der Waals surface area contributed by atoms with Gasteiger partial charge in [-0.05, 0) is 38.3 Å². The molecule has 1 heterocycles. The van der Waals surface area contributed by atoms with Crippen molar-refractivity contribution in [1.82, 2.24) is 0 Å². The predicted octanol–water partition coefficient (Wildman–Crippen LogP) is 2.03. The molecule has 0 aliphatic carbocycles. The molecule has 1 aromatic carbocycles. The summed E-state index contributed by atoms with van der Waals surface area (Å²) in [4.78, 5) is 24.2. The van der Waals surface area contributed by atoms with Crippen LogP contribution in [0.5, 0.6) is 0 Å². The average Bonchev–Trinajstić information content (AvgIpc) is 2.55. The summed E-state index contributed by atoms with van der Waals surface area (Å²) in [5.74, 6) is -0.0500. The number of hydrogen-bond donors (Lipinski definition) is 1. The number of amides is 1. The van der Waals surface area contributed by atoms with E-state index in [9.17, 15) is 20.0 Å². The van der Waals surface area contributed by atoms with E-state index < -0.39 is 11.0 Å². The van der Waals surface area contributed by atoms with Crippen LogP contribution in [0.25, 0.3) is 0 Å². The molecule has 0 bridgehead atoms. The molecule has 0 radical (unpaired) electrons. The molecule has 1 aliphatic heterocycles. The summed E-state index contributed by atoms with van der Waals surface area (Å²) in [5.41, 5.74) is 1.49. The number of aliphatic hydroxyl groups is 1. The van der Waals surface area contributed by atoms with E-state index in [4.69, 9.17) is 0 Å². The van der Waals surface area contributed by atoms with Crippen molar-refractivity contribution in [2.45, 2.75) is 45.3 Å². The van der Waals surface area contributed by atoms with Crippen molar-refractivity contribution in [3.63, 3.8) is 0 Å². The van der Waals surface area contributed by atoms with E-state index in [0.29, 0.717) is 24.9 Å². The highest BCUT2D eigenvalue weighted by Crippen LogP contribution is 2.32. The van der Waals surface area contributed by atoms with E-state index in [0.717, 1.165) is 5.56 Å². The monoisotopic (exact) mass is 278 g/mol. The van der Waals surface area contributed by atoms with Crippen molar-refractivity contribution in [1.29, 1.82) is 0 Å². The lowest BCUT2D eigenvalue weighted by atomic mass is 10.1. The summed E-state index contributed by atoms with van der Waals surface area (Å²) in [6.45, 7) is 3.41. The second-order valence-corrected chi connectivity index (χ2v) is 5.17. The van der Waals surface area contributed by atoms with Gasteiger partial charge in [0.15, 0.2) is 0 Å². The number of nitrogens with zero attached hydrogens (tertiary/aromatic N) is 2. The maximum absolute atomic E-state index is 12.2. The van der Waals surface area contributed by atoms with Crippen LogP contribution in [-0.2, 0) is 11.2 Å². The number of aryl methyl sites for hydroxylation is 1. The highest BCUT2D eigenvalue weighted by molar-refractivity contribution is 5.95. The first kappa shape index (κ1) is 14.5. The Kier molecular flexibility index (Phi) is 4.04. The SMILES string of the molecule is CC(O)C(C)N1C(=O)CCCc2cc([N+](=O)[O-])ccc21. The molecule has 0 saturated carbocycles. The topological polar surface area (TPSA) is 83.7 Å². The minimum atomic E-state index is -0.667. The van der Waals surface area contributed by atoms with E-state index in [1.54, 1.807) is 24.8 Å². The van der Waals surface area contributed by atoms with Gasteiger partial charge in [0, 0.05) is 24.2 Å². The van der Waals surface area contributed by atoms with E-state index in [1.807, 2.05) is 0 Å². The molecule has 0 fully saturated rings. The minimum Gasteiger partial charge on any atom is -0.391 e. The van der Waals surface area contributed by atoms with Gasteiger partial charge in [-0.25, -0.2) is 0 Å². The second kappa shape index (κ2) is 5.58. The molecule has 108 valence electrons. The standard InChI is InChI=1S/C14H18N2O4/c1-9(10(2)17)15-13-7-6-12(16(19)20)8-11(13)4-3-5-14(15)18/h6-10,17H,3-5H2,1-2H3. The second-order valence-electron chi connectivity index (χ2n) is 5.17. The van der Waals surface area contributed by atoms with Crippen LogP contribution in [0.2, 0.25) is 0 Å². The molecule has 1 N–H and O–H groups in total. The van der Waals surface area contributed by atoms with E-state index in [2.05, 4.69) is 0 Å². The van der Waals surface area contributed by atoms with Gasteiger partial charge in [-0.3, -0.25) is 14.9 Å². The van der Waals surface area contributed by atoms with Crippen LogP contribution >= 0.6 is 0 Å². The normalized spacial score (nSPS) is 18.1. The Hall–Kier alpha value is -1.95. The number of rotatable bonds is 3. The van der Waals surface area contributed by atoms with Crippen molar-refractivity contribution in [2.75, 3.05) is 4.90 Å². The zero-order valence-corrected chi connectivity index (χ0v) is 11.6. The molecular formula is C14H18N2O4. The third-order valence-corrected chi connectivity index (χ3v) is 3.74. The van der Waals surface area contributed by atoms with Crippen molar-refractivity contribution in [2.24, 2.45) is 0 Å². The largest absolute Gasteiger partial charge is 0.391 e. The van der Waals surface area contributed by atoms with Crippen LogP contribution in [0.3, 0.4) is 0 Å². The highest BCUT2D eigenvalue weighted by atomic mass is 16.6. The first-order valence-electron chi connectivity index (χ1n) is 6.69. The molecule has 6 nitrogen and oxygen atoms in total. The number of hydrogen-bond acceptors (Lipinski definition) is 4. The van der Waals surface area contributed by atoms with Gasteiger partial charge in [0.2, 0.25) is 5.91 Å². The van der Waals surface area contributed by atoms with Crippen LogP contribution in [0.1, 0.15) is 32.3 Å². The third kappa shape index (κ3) is 2.65. The van der Waals surface area contributed by atoms with Gasteiger partial charge < -0.3 is 10.0 Å². The lowest BCUT2D eigenvalue weighted by Gasteiger charge is -2.31. The number of anilines is 1. The van der Waals surface area contributed by atoms with E-state index in [-0.39, 0.29) is 17.6 Å². The molecule has 20 heavy (non-hydrogen) atoms. The first-order valence-corrected chi connectivity index (χ1v) is 6.69. The summed E-state index contributed by atoms with van der Waals surface area (Å²) in [7, 11) is 0. The number of fused-ring (bicyclic) bond motifs is 1. The Bertz CT molecular complexity index is 542. The number of non-ortho nitro benzene ring substituents is 1. The molecule has 2 atom stereocenters. The van der Waals surface area contributed by atoms with Crippen LogP contribution in [0, 0.1) is 10.1 Å². The molecule has 2 unspecified atom stereocenters. The molecule has 1 aliphatic rings. The molecule has 0 saturated heterocycles. The Balaban J connectivity index is 2.49. The Morgan fingerprint density at radius 1 is 1.35 bits per heavy atom. The first-order chi connectivity index (χ1) is 9.41. The number of nitro groups is 1. The zero-order chi connectivity index (χ0) is 14.9. The van der Waals surface area contributed by atoms with Gasteiger partial charge in [-0.15, -0.1) is 0 Å². The van der Waals surface area contributed by atoms with Crippen LogP contribution < -0.4 is 4.90 Å². The fourth-order valence-electron chi connectivity index (χ4n) is 2.47. The highest BCUT2D eigenvalue weighted by Gasteiger charge is 2.29. The lowest BCUT2D eigenvalue weighted by Crippen LogP contribution is -2.44. The molecule has 1 amide bonds. The Morgan fingerprint density at radius 2 is 2.05 bits per heavy atom. The molecule has 0 spiro atoms. The van der Waals surface area contributed by atoms with Gasteiger partial charge in [0.05, 0.1) is 17.1 Å². The lowest BCUT2D eigenvalue weighted by molar-refractivity contribution is -0.384. The van der Waals surface area contributed by atoms with Crippen molar-refractivity contribution < 1.29 is 14.8 Å². The number of carbonyl (C=O) groups is 1. The minimum absolute atomic E-state index is 0.0303. The zero-order valence-electron chi connectivity index (χ0n) is 11.6. The van der Waals surface area contributed by atoms with Crippen LogP contribution in [0.15, 0.2) is 18.2 Å². The summed E-state index contributed by atoms with van der Waals surface area (Å²) >= 11 is 0. The Labute approximate surface area is 117 Å². The number of nitro benzene ring substituents is 1.